The monoisotopic (exact) mass is 369 g/mol. The number of carbonyl (C=O) groups is 2. The van der Waals surface area contributed by atoms with Gasteiger partial charge in [-0.2, -0.15) is 0 Å². The van der Waals surface area contributed by atoms with E-state index in [0.29, 0.717) is 15.7 Å². The van der Waals surface area contributed by atoms with Gasteiger partial charge < -0.3 is 10.4 Å². The zero-order chi connectivity index (χ0) is 16.4. The van der Waals surface area contributed by atoms with Crippen molar-refractivity contribution in [3.05, 3.63) is 44.1 Å². The van der Waals surface area contributed by atoms with Crippen molar-refractivity contribution in [1.82, 2.24) is 4.90 Å². The van der Waals surface area contributed by atoms with Crippen LogP contribution in [0.5, 0.6) is 0 Å². The number of halogens is 1. The van der Waals surface area contributed by atoms with Crippen LogP contribution in [0.15, 0.2) is 28.4 Å². The van der Waals surface area contributed by atoms with Gasteiger partial charge in [-0.25, -0.2) is 0 Å². The number of β-amino-alcohol motifs (C(OH)–C–C–N with tert-alkyl or cyclic N) is 1. The van der Waals surface area contributed by atoms with Crippen molar-refractivity contribution >= 4 is 39.1 Å². The van der Waals surface area contributed by atoms with Gasteiger partial charge in [-0.1, -0.05) is 0 Å². The largest absolute Gasteiger partial charge is 0.395 e. The Morgan fingerprint density at radius 3 is 2.68 bits per heavy atom. The maximum Gasteiger partial charge on any atom is 0.288 e. The molecule has 8 nitrogen and oxygen atoms in total. The number of nitro groups is 1. The summed E-state index contributed by atoms with van der Waals surface area (Å²) in [7, 11) is 0. The summed E-state index contributed by atoms with van der Waals surface area (Å²) >= 11 is 3.10. The number of amides is 2. The Labute approximate surface area is 133 Å². The number of hydrogen-bond acceptors (Lipinski definition) is 6. The molecule has 1 aromatic carbocycles. The van der Waals surface area contributed by atoms with Crippen LogP contribution in [-0.2, 0) is 9.59 Å². The number of rotatable bonds is 5. The molecule has 1 aromatic rings. The first-order valence-corrected chi connectivity index (χ1v) is 7.05. The number of aliphatic hydroxyl groups excluding tert-OH is 1. The Morgan fingerprint density at radius 2 is 2.09 bits per heavy atom. The van der Waals surface area contributed by atoms with Gasteiger partial charge in [-0.15, -0.1) is 0 Å². The minimum Gasteiger partial charge on any atom is -0.395 e. The Bertz CT molecular complexity index is 701. The van der Waals surface area contributed by atoms with E-state index in [2.05, 4.69) is 21.2 Å². The van der Waals surface area contributed by atoms with E-state index in [4.69, 9.17) is 5.11 Å². The molecule has 0 spiro atoms. The molecule has 116 valence electrons. The third-order valence-electron chi connectivity index (χ3n) is 3.17. The third-order valence-corrected chi connectivity index (χ3v) is 3.81. The second-order valence-electron chi connectivity index (χ2n) is 4.53. The van der Waals surface area contributed by atoms with E-state index in [1.54, 1.807) is 13.0 Å². The molecule has 2 N–H and O–H groups in total. The summed E-state index contributed by atoms with van der Waals surface area (Å²) in [5, 5.41) is 22.6. The third kappa shape index (κ3) is 2.85. The van der Waals surface area contributed by atoms with Gasteiger partial charge >= 0.3 is 0 Å². The molecular weight excluding hydrogens is 358 g/mol. The molecule has 0 saturated carbocycles. The highest BCUT2D eigenvalue weighted by molar-refractivity contribution is 9.10. The predicted molar refractivity (Wildman–Crippen MR) is 81.0 cm³/mol. The molecular formula is C13H12BrN3O5. The number of hydrogen-bond donors (Lipinski definition) is 2. The lowest BCUT2D eigenvalue weighted by Crippen LogP contribution is -2.34. The van der Waals surface area contributed by atoms with Gasteiger partial charge in [0.15, 0.2) is 0 Å². The van der Waals surface area contributed by atoms with Crippen LogP contribution in [0.1, 0.15) is 5.56 Å². The molecule has 2 amide bonds. The molecule has 0 bridgehead atoms. The number of aliphatic hydroxyl groups is 1. The van der Waals surface area contributed by atoms with Crippen LogP contribution >= 0.6 is 15.9 Å². The van der Waals surface area contributed by atoms with E-state index in [-0.39, 0.29) is 24.5 Å². The highest BCUT2D eigenvalue weighted by Crippen LogP contribution is 2.34. The van der Waals surface area contributed by atoms with Crippen molar-refractivity contribution in [2.75, 3.05) is 18.5 Å². The standard InChI is InChI=1S/C13H12BrN3O5/c1-7-9(3-2-8(14)12(7)17(21)22)15-10-6-11(19)16(4-5-18)13(10)20/h2-3,6,15,18H,4-5H2,1H3. The van der Waals surface area contributed by atoms with Gasteiger partial charge in [0.2, 0.25) is 0 Å². The Balaban J connectivity index is 2.31. The first kappa shape index (κ1) is 16.1. The Morgan fingerprint density at radius 1 is 1.41 bits per heavy atom. The molecule has 1 aliphatic rings. The molecule has 2 rings (SSSR count). The number of imide groups is 1. The lowest BCUT2D eigenvalue weighted by molar-refractivity contribution is -0.386. The van der Waals surface area contributed by atoms with Crippen LogP contribution in [0.4, 0.5) is 11.4 Å². The smallest absolute Gasteiger partial charge is 0.288 e. The van der Waals surface area contributed by atoms with Gasteiger partial charge in [0, 0.05) is 11.8 Å². The van der Waals surface area contributed by atoms with Gasteiger partial charge in [0.05, 0.1) is 28.1 Å². The van der Waals surface area contributed by atoms with Crippen LogP contribution in [0.25, 0.3) is 0 Å². The molecule has 0 radical (unpaired) electrons. The van der Waals surface area contributed by atoms with Gasteiger partial charge in [0.25, 0.3) is 17.5 Å². The van der Waals surface area contributed by atoms with Gasteiger partial charge in [-0.05, 0) is 35.0 Å². The number of nitrogens with one attached hydrogen (secondary N) is 1. The molecule has 22 heavy (non-hydrogen) atoms. The average molecular weight is 370 g/mol. The molecule has 1 heterocycles. The Kier molecular flexibility index (Phi) is 4.57. The normalized spacial score (nSPS) is 14.3. The molecule has 0 aliphatic carbocycles. The predicted octanol–water partition coefficient (Wildman–Crippen LogP) is 1.32. The molecule has 0 atom stereocenters. The zero-order valence-corrected chi connectivity index (χ0v) is 13.1. The summed E-state index contributed by atoms with van der Waals surface area (Å²) in [6, 6.07) is 3.06. The summed E-state index contributed by atoms with van der Waals surface area (Å²) in [6.07, 6.45) is 1.10. The van der Waals surface area contributed by atoms with Crippen molar-refractivity contribution < 1.29 is 19.6 Å². The van der Waals surface area contributed by atoms with E-state index in [0.717, 1.165) is 11.0 Å². The van der Waals surface area contributed by atoms with Crippen molar-refractivity contribution in [2.24, 2.45) is 0 Å². The number of anilines is 1. The highest BCUT2D eigenvalue weighted by Gasteiger charge is 2.31. The molecule has 0 saturated heterocycles. The van der Waals surface area contributed by atoms with Crippen LogP contribution < -0.4 is 5.32 Å². The average Bonchev–Trinajstić information content (AvgIpc) is 2.70. The van der Waals surface area contributed by atoms with E-state index < -0.39 is 16.7 Å². The molecule has 0 aromatic heterocycles. The second kappa shape index (κ2) is 6.24. The fourth-order valence-corrected chi connectivity index (χ4v) is 2.66. The second-order valence-corrected chi connectivity index (χ2v) is 5.38. The van der Waals surface area contributed by atoms with Crippen LogP contribution in [-0.4, -0.2) is 39.9 Å². The number of nitro benzene ring substituents is 1. The maximum atomic E-state index is 12.0. The molecule has 0 unspecified atom stereocenters. The fourth-order valence-electron chi connectivity index (χ4n) is 2.08. The summed E-state index contributed by atoms with van der Waals surface area (Å²) in [5.41, 5.74) is 0.585. The number of carbonyl (C=O) groups excluding carboxylic acids is 2. The van der Waals surface area contributed by atoms with E-state index in [1.165, 1.54) is 6.07 Å². The summed E-state index contributed by atoms with van der Waals surface area (Å²) in [5.74, 6) is -1.12. The first-order valence-electron chi connectivity index (χ1n) is 6.25. The summed E-state index contributed by atoms with van der Waals surface area (Å²) in [6.45, 7) is 1.11. The lowest BCUT2D eigenvalue weighted by atomic mass is 10.1. The fraction of sp³-hybridized carbons (Fsp3) is 0.231. The van der Waals surface area contributed by atoms with Crippen molar-refractivity contribution in [2.45, 2.75) is 6.92 Å². The van der Waals surface area contributed by atoms with Crippen molar-refractivity contribution in [3.63, 3.8) is 0 Å². The van der Waals surface area contributed by atoms with Crippen molar-refractivity contribution in [1.29, 1.82) is 0 Å². The summed E-state index contributed by atoms with van der Waals surface area (Å²) in [4.78, 5) is 35.1. The van der Waals surface area contributed by atoms with E-state index in [9.17, 15) is 19.7 Å². The first-order chi connectivity index (χ1) is 10.4. The van der Waals surface area contributed by atoms with Gasteiger partial charge in [-0.3, -0.25) is 24.6 Å². The zero-order valence-electron chi connectivity index (χ0n) is 11.5. The maximum absolute atomic E-state index is 12.0. The number of benzene rings is 1. The molecule has 1 aliphatic heterocycles. The SMILES string of the molecule is Cc1c(NC2=CC(=O)N(CCO)C2=O)ccc(Br)c1[N+](=O)[O-]. The van der Waals surface area contributed by atoms with E-state index >= 15 is 0 Å². The topological polar surface area (TPSA) is 113 Å². The molecule has 0 fully saturated rings. The highest BCUT2D eigenvalue weighted by atomic mass is 79.9. The summed E-state index contributed by atoms with van der Waals surface area (Å²) < 4.78 is 0.324. The van der Waals surface area contributed by atoms with Gasteiger partial charge in [0.1, 0.15) is 5.70 Å². The number of nitrogens with zero attached hydrogens (tertiary/aromatic N) is 2. The van der Waals surface area contributed by atoms with Crippen LogP contribution in [0, 0.1) is 17.0 Å². The van der Waals surface area contributed by atoms with Crippen molar-refractivity contribution in [3.8, 4) is 0 Å². The van der Waals surface area contributed by atoms with Crippen LogP contribution in [0.2, 0.25) is 0 Å². The minimum atomic E-state index is -0.580. The quantitative estimate of drug-likeness (QED) is 0.459. The Hall–Kier alpha value is -2.26. The molecule has 9 heteroatoms. The minimum absolute atomic E-state index is 0.0122. The van der Waals surface area contributed by atoms with E-state index in [1.807, 2.05) is 0 Å². The van der Waals surface area contributed by atoms with Crippen LogP contribution in [0.3, 0.4) is 0 Å². The lowest BCUT2D eigenvalue weighted by Gasteiger charge is -2.14.